The van der Waals surface area contributed by atoms with Crippen LogP contribution in [0.1, 0.15) is 39.0 Å². The van der Waals surface area contributed by atoms with Crippen molar-refractivity contribution in [1.82, 2.24) is 0 Å². The third-order valence-corrected chi connectivity index (χ3v) is 1.45. The van der Waals surface area contributed by atoms with E-state index in [0.717, 1.165) is 19.3 Å². The van der Waals surface area contributed by atoms with E-state index in [9.17, 15) is 4.79 Å². The Morgan fingerprint density at radius 1 is 1.17 bits per heavy atom. The van der Waals surface area contributed by atoms with Gasteiger partial charge in [0.25, 0.3) is 0 Å². The second-order valence-electron chi connectivity index (χ2n) is 2.47. The van der Waals surface area contributed by atoms with E-state index in [0.29, 0.717) is 6.61 Å². The lowest BCUT2D eigenvalue weighted by Crippen LogP contribution is -1.96. The minimum absolute atomic E-state index is 0.450. The van der Waals surface area contributed by atoms with E-state index < -0.39 is 0 Å². The molecule has 4 nitrogen and oxygen atoms in total. The Kier molecular flexibility index (Phi) is 9.86. The highest BCUT2D eigenvalue weighted by Crippen LogP contribution is 2.02. The largest absolute Gasteiger partial charge is 0.456 e. The lowest BCUT2D eigenvalue weighted by Gasteiger charge is -1.98. The molecule has 0 aromatic carbocycles. The summed E-state index contributed by atoms with van der Waals surface area (Å²) in [4.78, 5) is 17.6. The van der Waals surface area contributed by atoms with E-state index in [1.165, 1.54) is 19.3 Å². The summed E-state index contributed by atoms with van der Waals surface area (Å²) in [5.41, 5.74) is 0. The smallest absolute Gasteiger partial charge is 0.255 e. The first kappa shape index (κ1) is 11.4. The van der Waals surface area contributed by atoms with Crippen molar-refractivity contribution < 1.29 is 19.6 Å². The van der Waals surface area contributed by atoms with Crippen molar-refractivity contribution in [2.24, 2.45) is 0 Å². The predicted octanol–water partition coefficient (Wildman–Crippen LogP) is 1.90. The van der Waals surface area contributed by atoms with Gasteiger partial charge in [-0.15, -0.1) is 0 Å². The average Bonchev–Trinajstić information content (AvgIpc) is 2.10. The molecule has 0 unspecified atom stereocenters. The van der Waals surface area contributed by atoms with Crippen LogP contribution in [0.3, 0.4) is 0 Å². The first-order valence-electron chi connectivity index (χ1n) is 4.24. The van der Waals surface area contributed by atoms with Crippen LogP contribution in [0.2, 0.25) is 0 Å². The molecule has 4 heteroatoms. The van der Waals surface area contributed by atoms with E-state index in [-0.39, 0.29) is 0 Å². The van der Waals surface area contributed by atoms with Gasteiger partial charge < -0.3 is 0 Å². The molecule has 0 saturated carbocycles. The Morgan fingerprint density at radius 2 is 1.92 bits per heavy atom. The molecule has 0 N–H and O–H groups in total. The van der Waals surface area contributed by atoms with Crippen molar-refractivity contribution in [3.05, 3.63) is 0 Å². The van der Waals surface area contributed by atoms with Gasteiger partial charge in [0.1, 0.15) is 0 Å². The average molecular weight is 175 g/mol. The fraction of sp³-hybridized carbons (Fsp3) is 0.875. The lowest BCUT2D eigenvalue weighted by molar-refractivity contribution is -0.475. The maximum absolute atomic E-state index is 9.43. The van der Waals surface area contributed by atoms with Crippen LogP contribution >= 0.6 is 0 Å². The summed E-state index contributed by atoms with van der Waals surface area (Å²) in [5.74, 6) is 0. The number of unbranched alkanes of at least 4 members (excludes halogenated alkanes) is 4. The second kappa shape index (κ2) is 10.4. The molecule has 0 amide bonds. The maximum atomic E-state index is 9.43. The van der Waals surface area contributed by atoms with Crippen LogP contribution in [0.15, 0.2) is 0 Å². The second-order valence-corrected chi connectivity index (χ2v) is 2.47. The van der Waals surface area contributed by atoms with Gasteiger partial charge in [0.15, 0.2) is 0 Å². The minimum Gasteiger partial charge on any atom is -0.255 e. The standard InChI is InChI=1S/C8H15O4/c1-2-3-4-5-6-7-10-12-11-8-9/h2-7H2,1H3. The van der Waals surface area contributed by atoms with Gasteiger partial charge >= 0.3 is 6.47 Å². The molecule has 0 aromatic rings. The van der Waals surface area contributed by atoms with Gasteiger partial charge in [-0.05, 0) is 11.5 Å². The van der Waals surface area contributed by atoms with Crippen LogP contribution in [-0.4, -0.2) is 13.1 Å². The zero-order valence-corrected chi connectivity index (χ0v) is 7.38. The van der Waals surface area contributed by atoms with E-state index in [1.807, 2.05) is 0 Å². The molecular formula is C8H15O4. The van der Waals surface area contributed by atoms with Gasteiger partial charge in [-0.2, -0.15) is 4.89 Å². The number of hydrogen-bond acceptors (Lipinski definition) is 4. The summed E-state index contributed by atoms with van der Waals surface area (Å²) in [7, 11) is 0. The van der Waals surface area contributed by atoms with Gasteiger partial charge in [-0.25, -0.2) is 4.79 Å². The van der Waals surface area contributed by atoms with E-state index in [1.54, 1.807) is 0 Å². The van der Waals surface area contributed by atoms with E-state index >= 15 is 0 Å². The molecule has 71 valence electrons. The van der Waals surface area contributed by atoms with Crippen LogP contribution < -0.4 is 0 Å². The summed E-state index contributed by atoms with van der Waals surface area (Å²) < 4.78 is 0. The van der Waals surface area contributed by atoms with Gasteiger partial charge in [0.05, 0.1) is 6.61 Å². The van der Waals surface area contributed by atoms with Crippen LogP contribution in [0, 0.1) is 0 Å². The van der Waals surface area contributed by atoms with Crippen LogP contribution in [-0.2, 0) is 19.6 Å². The molecule has 0 aliphatic carbocycles. The third-order valence-electron chi connectivity index (χ3n) is 1.45. The zero-order chi connectivity index (χ0) is 9.07. The molecule has 0 saturated heterocycles. The van der Waals surface area contributed by atoms with Crippen molar-refractivity contribution in [3.8, 4) is 0 Å². The summed E-state index contributed by atoms with van der Waals surface area (Å²) >= 11 is 0. The Hall–Kier alpha value is -0.610. The van der Waals surface area contributed by atoms with Gasteiger partial charge in [0.2, 0.25) is 0 Å². The molecule has 0 spiro atoms. The topological polar surface area (TPSA) is 44.8 Å². The van der Waals surface area contributed by atoms with Crippen LogP contribution in [0.25, 0.3) is 0 Å². The molecular weight excluding hydrogens is 160 g/mol. The van der Waals surface area contributed by atoms with Crippen molar-refractivity contribution in [2.45, 2.75) is 39.0 Å². The Morgan fingerprint density at radius 3 is 2.58 bits per heavy atom. The molecule has 0 aliphatic rings. The SMILES string of the molecule is CCCCCCCOOO[C]=O. The Balaban J connectivity index is 2.77. The molecule has 0 fully saturated rings. The highest BCUT2D eigenvalue weighted by Gasteiger charge is 1.91. The van der Waals surface area contributed by atoms with Crippen LogP contribution in [0.4, 0.5) is 0 Å². The fourth-order valence-corrected chi connectivity index (χ4v) is 0.837. The first-order valence-corrected chi connectivity index (χ1v) is 4.24. The van der Waals surface area contributed by atoms with Crippen molar-refractivity contribution in [2.75, 3.05) is 6.61 Å². The fourth-order valence-electron chi connectivity index (χ4n) is 0.837. The molecule has 1 radical (unpaired) electrons. The monoisotopic (exact) mass is 175 g/mol. The first-order chi connectivity index (χ1) is 5.91. The van der Waals surface area contributed by atoms with Crippen molar-refractivity contribution in [3.63, 3.8) is 0 Å². The van der Waals surface area contributed by atoms with Gasteiger partial charge in [-0.3, -0.25) is 4.89 Å². The van der Waals surface area contributed by atoms with Gasteiger partial charge in [-0.1, -0.05) is 32.6 Å². The molecule has 0 atom stereocenters. The quantitative estimate of drug-likeness (QED) is 0.305. The van der Waals surface area contributed by atoms with E-state index in [2.05, 4.69) is 21.7 Å². The maximum Gasteiger partial charge on any atom is 0.456 e. The zero-order valence-electron chi connectivity index (χ0n) is 7.38. The molecule has 0 aromatic heterocycles. The Bertz CT molecular complexity index is 95.1. The summed E-state index contributed by atoms with van der Waals surface area (Å²) in [6, 6.07) is 0. The van der Waals surface area contributed by atoms with E-state index in [4.69, 9.17) is 0 Å². The molecule has 0 rings (SSSR count). The summed E-state index contributed by atoms with van der Waals surface area (Å²) in [6.45, 7) is 3.69. The molecule has 12 heavy (non-hydrogen) atoms. The minimum atomic E-state index is 0.450. The number of hydrogen-bond donors (Lipinski definition) is 0. The normalized spacial score (nSPS) is 9.75. The number of rotatable bonds is 9. The number of carbonyl (C=O) groups excluding carboxylic acids is 1. The highest BCUT2D eigenvalue weighted by molar-refractivity contribution is 5.36. The predicted molar refractivity (Wildman–Crippen MR) is 42.6 cm³/mol. The summed E-state index contributed by atoms with van der Waals surface area (Å²) in [6.07, 6.45) is 5.71. The highest BCUT2D eigenvalue weighted by atomic mass is 17.5. The van der Waals surface area contributed by atoms with Crippen molar-refractivity contribution >= 4 is 6.47 Å². The third kappa shape index (κ3) is 9.39. The summed E-state index contributed by atoms with van der Waals surface area (Å²) in [5, 5.41) is 3.97. The lowest BCUT2D eigenvalue weighted by atomic mass is 10.2. The van der Waals surface area contributed by atoms with Crippen LogP contribution in [0.5, 0.6) is 0 Å². The Labute approximate surface area is 72.7 Å². The molecule has 0 aliphatic heterocycles. The van der Waals surface area contributed by atoms with Crippen molar-refractivity contribution in [1.29, 1.82) is 0 Å². The van der Waals surface area contributed by atoms with Gasteiger partial charge in [0, 0.05) is 0 Å². The molecule has 0 heterocycles. The molecule has 0 bridgehead atoms.